The Kier molecular flexibility index (Phi) is 5.60. The molecule has 4 rings (SSSR count). The summed E-state index contributed by atoms with van der Waals surface area (Å²) in [6, 6.07) is 23.0. The molecule has 1 amide bonds. The van der Waals surface area contributed by atoms with E-state index in [4.69, 9.17) is 16.3 Å². The molecule has 142 valence electrons. The van der Waals surface area contributed by atoms with Crippen LogP contribution in [0.15, 0.2) is 72.8 Å². The molecule has 1 aliphatic rings. The monoisotopic (exact) mass is 392 g/mol. The molecule has 1 aliphatic heterocycles. The van der Waals surface area contributed by atoms with Gasteiger partial charge in [0, 0.05) is 30.3 Å². The Labute approximate surface area is 169 Å². The zero-order valence-electron chi connectivity index (χ0n) is 15.3. The van der Waals surface area contributed by atoms with E-state index in [1.807, 2.05) is 42.5 Å². The molecule has 2 N–H and O–H groups in total. The quantitative estimate of drug-likeness (QED) is 0.630. The Morgan fingerprint density at radius 3 is 2.75 bits per heavy atom. The Morgan fingerprint density at radius 2 is 1.86 bits per heavy atom. The molecule has 0 spiro atoms. The minimum absolute atomic E-state index is 0.213. The van der Waals surface area contributed by atoms with Crippen LogP contribution in [0.2, 0.25) is 5.02 Å². The standard InChI is InChI=1S/C23H21ClN2O2/c24-21-10-3-1-9-20(21)23(27)26-18-7-5-6-16(12-18)13-25-14-17-15-28-22-11-4-2-8-19(17)22/h1-12,17,25H,13-15H2,(H,26,27). The van der Waals surface area contributed by atoms with Gasteiger partial charge in [0.1, 0.15) is 5.75 Å². The lowest BCUT2D eigenvalue weighted by atomic mass is 10.0. The lowest BCUT2D eigenvalue weighted by Gasteiger charge is -2.12. The summed E-state index contributed by atoms with van der Waals surface area (Å²) in [6.45, 7) is 2.27. The summed E-state index contributed by atoms with van der Waals surface area (Å²) in [5.74, 6) is 1.13. The van der Waals surface area contributed by atoms with Crippen LogP contribution in [0.3, 0.4) is 0 Å². The van der Waals surface area contributed by atoms with E-state index in [2.05, 4.69) is 16.7 Å². The van der Waals surface area contributed by atoms with Crippen molar-refractivity contribution in [1.29, 1.82) is 0 Å². The van der Waals surface area contributed by atoms with Gasteiger partial charge in [-0.25, -0.2) is 0 Å². The number of nitrogens with one attached hydrogen (secondary N) is 2. The Balaban J connectivity index is 1.34. The van der Waals surface area contributed by atoms with Crippen LogP contribution in [0.1, 0.15) is 27.4 Å². The van der Waals surface area contributed by atoms with Crippen LogP contribution in [0.4, 0.5) is 5.69 Å². The van der Waals surface area contributed by atoms with Gasteiger partial charge in [0.15, 0.2) is 0 Å². The normalized spacial score (nSPS) is 15.0. The number of para-hydroxylation sites is 1. The van der Waals surface area contributed by atoms with E-state index >= 15 is 0 Å². The number of halogens is 1. The predicted molar refractivity (Wildman–Crippen MR) is 112 cm³/mol. The molecule has 28 heavy (non-hydrogen) atoms. The summed E-state index contributed by atoms with van der Waals surface area (Å²) in [6.07, 6.45) is 0. The molecule has 1 heterocycles. The van der Waals surface area contributed by atoms with Crippen molar-refractivity contribution in [3.05, 3.63) is 94.5 Å². The number of carbonyl (C=O) groups excluding carboxylic acids is 1. The average molecular weight is 393 g/mol. The van der Waals surface area contributed by atoms with Crippen LogP contribution < -0.4 is 15.4 Å². The molecule has 0 aliphatic carbocycles. The van der Waals surface area contributed by atoms with Crippen molar-refractivity contribution in [3.63, 3.8) is 0 Å². The summed E-state index contributed by atoms with van der Waals surface area (Å²) in [4.78, 5) is 12.4. The topological polar surface area (TPSA) is 50.4 Å². The maximum Gasteiger partial charge on any atom is 0.257 e. The lowest BCUT2D eigenvalue weighted by Crippen LogP contribution is -2.22. The minimum Gasteiger partial charge on any atom is -0.493 e. The SMILES string of the molecule is O=C(Nc1cccc(CNCC2COc3ccccc32)c1)c1ccccc1Cl. The zero-order valence-corrected chi connectivity index (χ0v) is 16.1. The van der Waals surface area contributed by atoms with Gasteiger partial charge in [-0.1, -0.05) is 54.1 Å². The van der Waals surface area contributed by atoms with E-state index in [-0.39, 0.29) is 5.91 Å². The van der Waals surface area contributed by atoms with E-state index in [0.29, 0.717) is 29.7 Å². The van der Waals surface area contributed by atoms with E-state index in [0.717, 1.165) is 23.5 Å². The summed E-state index contributed by atoms with van der Waals surface area (Å²) in [5, 5.41) is 6.85. The van der Waals surface area contributed by atoms with Crippen molar-refractivity contribution in [2.24, 2.45) is 0 Å². The third kappa shape index (κ3) is 4.19. The molecule has 3 aromatic rings. The largest absolute Gasteiger partial charge is 0.493 e. The third-order valence-electron chi connectivity index (χ3n) is 4.82. The fraction of sp³-hybridized carbons (Fsp3) is 0.174. The second kappa shape index (κ2) is 8.46. The number of anilines is 1. The number of rotatable bonds is 6. The zero-order chi connectivity index (χ0) is 19.3. The van der Waals surface area contributed by atoms with Crippen molar-refractivity contribution in [3.8, 4) is 5.75 Å². The molecule has 0 saturated heterocycles. The number of carbonyl (C=O) groups is 1. The molecule has 3 aromatic carbocycles. The van der Waals surface area contributed by atoms with Crippen molar-refractivity contribution in [2.75, 3.05) is 18.5 Å². The lowest BCUT2D eigenvalue weighted by molar-refractivity contribution is 0.102. The van der Waals surface area contributed by atoms with Crippen LogP contribution in [0.25, 0.3) is 0 Å². The second-order valence-electron chi connectivity index (χ2n) is 6.81. The Hall–Kier alpha value is -2.82. The summed E-state index contributed by atoms with van der Waals surface area (Å²) in [7, 11) is 0. The summed E-state index contributed by atoms with van der Waals surface area (Å²) >= 11 is 6.10. The molecule has 4 nitrogen and oxygen atoms in total. The molecule has 0 fully saturated rings. The van der Waals surface area contributed by atoms with Gasteiger partial charge in [-0.3, -0.25) is 4.79 Å². The first-order valence-corrected chi connectivity index (χ1v) is 9.66. The van der Waals surface area contributed by atoms with Crippen molar-refractivity contribution >= 4 is 23.2 Å². The number of hydrogen-bond acceptors (Lipinski definition) is 3. The molecular formula is C23H21ClN2O2. The van der Waals surface area contributed by atoms with Crippen LogP contribution >= 0.6 is 11.6 Å². The molecule has 0 radical (unpaired) electrons. The molecule has 0 saturated carbocycles. The summed E-state index contributed by atoms with van der Waals surface area (Å²) < 4.78 is 5.73. The third-order valence-corrected chi connectivity index (χ3v) is 5.15. The number of amides is 1. The molecule has 1 unspecified atom stereocenters. The van der Waals surface area contributed by atoms with Gasteiger partial charge in [-0.2, -0.15) is 0 Å². The van der Waals surface area contributed by atoms with Crippen LogP contribution in [0.5, 0.6) is 5.75 Å². The number of benzene rings is 3. The Morgan fingerprint density at radius 1 is 1.04 bits per heavy atom. The van der Waals surface area contributed by atoms with E-state index in [1.54, 1.807) is 24.3 Å². The predicted octanol–water partition coefficient (Wildman–Crippen LogP) is 4.86. The van der Waals surface area contributed by atoms with Crippen LogP contribution in [-0.2, 0) is 6.54 Å². The van der Waals surface area contributed by atoms with Crippen molar-refractivity contribution in [2.45, 2.75) is 12.5 Å². The first kappa shape index (κ1) is 18.5. The molecule has 0 aromatic heterocycles. The highest BCUT2D eigenvalue weighted by molar-refractivity contribution is 6.34. The molecule has 0 bridgehead atoms. The van der Waals surface area contributed by atoms with Gasteiger partial charge >= 0.3 is 0 Å². The van der Waals surface area contributed by atoms with Gasteiger partial charge in [0.2, 0.25) is 0 Å². The average Bonchev–Trinajstić information content (AvgIpc) is 3.12. The second-order valence-corrected chi connectivity index (χ2v) is 7.22. The summed E-state index contributed by atoms with van der Waals surface area (Å²) in [5.41, 5.74) is 3.58. The highest BCUT2D eigenvalue weighted by atomic mass is 35.5. The Bertz CT molecular complexity index is 990. The number of ether oxygens (including phenoxy) is 1. The minimum atomic E-state index is -0.213. The molecular weight excluding hydrogens is 372 g/mol. The van der Waals surface area contributed by atoms with Crippen molar-refractivity contribution in [1.82, 2.24) is 5.32 Å². The van der Waals surface area contributed by atoms with Gasteiger partial charge in [0.05, 0.1) is 17.2 Å². The number of fused-ring (bicyclic) bond motifs is 1. The van der Waals surface area contributed by atoms with Crippen LogP contribution in [0, 0.1) is 0 Å². The van der Waals surface area contributed by atoms with Gasteiger partial charge < -0.3 is 15.4 Å². The number of hydrogen-bond donors (Lipinski definition) is 2. The van der Waals surface area contributed by atoms with E-state index < -0.39 is 0 Å². The van der Waals surface area contributed by atoms with E-state index in [9.17, 15) is 4.79 Å². The van der Waals surface area contributed by atoms with E-state index in [1.165, 1.54) is 5.56 Å². The molecule has 1 atom stereocenters. The van der Waals surface area contributed by atoms with Crippen LogP contribution in [-0.4, -0.2) is 19.1 Å². The van der Waals surface area contributed by atoms with Gasteiger partial charge in [0.25, 0.3) is 5.91 Å². The first-order valence-electron chi connectivity index (χ1n) is 9.28. The highest BCUT2D eigenvalue weighted by Crippen LogP contribution is 2.32. The fourth-order valence-corrected chi connectivity index (χ4v) is 3.61. The first-order chi connectivity index (χ1) is 13.7. The maximum absolute atomic E-state index is 12.4. The maximum atomic E-state index is 12.4. The van der Waals surface area contributed by atoms with Crippen molar-refractivity contribution < 1.29 is 9.53 Å². The van der Waals surface area contributed by atoms with Gasteiger partial charge in [-0.05, 0) is 35.9 Å². The van der Waals surface area contributed by atoms with Gasteiger partial charge in [-0.15, -0.1) is 0 Å². The smallest absolute Gasteiger partial charge is 0.257 e. The highest BCUT2D eigenvalue weighted by Gasteiger charge is 2.22. The molecule has 5 heteroatoms. The fourth-order valence-electron chi connectivity index (χ4n) is 3.39.